The van der Waals surface area contributed by atoms with Gasteiger partial charge in [0.2, 0.25) is 0 Å². The molecule has 0 unspecified atom stereocenters. The van der Waals surface area contributed by atoms with Crippen molar-refractivity contribution in [1.29, 1.82) is 0 Å². The van der Waals surface area contributed by atoms with E-state index < -0.39 is 11.9 Å². The molecule has 7 heteroatoms. The number of benzene rings is 3. The van der Waals surface area contributed by atoms with Crippen molar-refractivity contribution in [2.45, 2.75) is 0 Å². The molecule has 4 rings (SSSR count). The van der Waals surface area contributed by atoms with Crippen molar-refractivity contribution in [3.05, 3.63) is 78.1 Å². The van der Waals surface area contributed by atoms with Crippen LogP contribution in [0.2, 0.25) is 0 Å². The minimum absolute atomic E-state index is 0.160. The molecule has 0 saturated carbocycles. The molecule has 0 fully saturated rings. The van der Waals surface area contributed by atoms with Gasteiger partial charge in [-0.3, -0.25) is 4.79 Å². The Kier molecular flexibility index (Phi) is 5.43. The van der Waals surface area contributed by atoms with Crippen LogP contribution in [-0.2, 0) is 9.53 Å². The van der Waals surface area contributed by atoms with E-state index in [4.69, 9.17) is 9.15 Å². The maximum absolute atomic E-state index is 12.4. The molecule has 1 N–H and O–H groups in total. The molecule has 150 valence electrons. The molecule has 1 amide bonds. The van der Waals surface area contributed by atoms with Gasteiger partial charge in [-0.1, -0.05) is 30.3 Å². The standard InChI is InChI=1S/C23H18N2O5/c1-28-22(26)14-29-17-9-6-15(7-10-17)13-24-25-23(27)21-12-19-18-5-3-2-4-16(18)8-11-20(19)30-21/h2-13H,14H2,1H3,(H,25,27)/b24-13-. The first-order chi connectivity index (χ1) is 14.6. The first-order valence-electron chi connectivity index (χ1n) is 9.18. The fourth-order valence-electron chi connectivity index (χ4n) is 2.98. The third-order valence-corrected chi connectivity index (χ3v) is 4.49. The number of nitrogens with zero attached hydrogens (tertiary/aromatic N) is 1. The molecule has 0 bridgehead atoms. The Balaban J connectivity index is 1.41. The summed E-state index contributed by atoms with van der Waals surface area (Å²) in [5.74, 6) is -0.187. The normalized spacial score (nSPS) is 11.1. The summed E-state index contributed by atoms with van der Waals surface area (Å²) < 4.78 is 15.5. The molecule has 4 aromatic rings. The molecule has 30 heavy (non-hydrogen) atoms. The number of carbonyl (C=O) groups excluding carboxylic acids is 2. The Hall–Kier alpha value is -4.13. The lowest BCUT2D eigenvalue weighted by molar-refractivity contribution is -0.142. The molecule has 0 saturated heterocycles. The van der Waals surface area contributed by atoms with Crippen LogP contribution in [0.3, 0.4) is 0 Å². The molecule has 0 aliphatic carbocycles. The van der Waals surface area contributed by atoms with Crippen LogP contribution in [0.15, 0.2) is 76.2 Å². The van der Waals surface area contributed by atoms with E-state index in [-0.39, 0.29) is 12.4 Å². The van der Waals surface area contributed by atoms with Crippen molar-refractivity contribution >= 4 is 39.8 Å². The van der Waals surface area contributed by atoms with Crippen molar-refractivity contribution in [2.75, 3.05) is 13.7 Å². The van der Waals surface area contributed by atoms with Crippen LogP contribution in [0, 0.1) is 0 Å². The lowest BCUT2D eigenvalue weighted by Crippen LogP contribution is -2.16. The SMILES string of the molecule is COC(=O)COc1ccc(/C=N\NC(=O)c2cc3c(ccc4ccccc43)o2)cc1. The molecular weight excluding hydrogens is 384 g/mol. The van der Waals surface area contributed by atoms with Crippen LogP contribution in [0.1, 0.15) is 16.1 Å². The highest BCUT2D eigenvalue weighted by molar-refractivity contribution is 6.08. The Bertz CT molecular complexity index is 1240. The van der Waals surface area contributed by atoms with E-state index in [1.165, 1.54) is 13.3 Å². The summed E-state index contributed by atoms with van der Waals surface area (Å²) in [4.78, 5) is 23.5. The Morgan fingerprint density at radius 1 is 1.03 bits per heavy atom. The number of hydrazone groups is 1. The summed E-state index contributed by atoms with van der Waals surface area (Å²) in [5, 5.41) is 6.95. The van der Waals surface area contributed by atoms with Crippen molar-refractivity contribution in [3.63, 3.8) is 0 Å². The lowest BCUT2D eigenvalue weighted by Gasteiger charge is -2.04. The molecule has 0 spiro atoms. The number of carbonyl (C=O) groups is 2. The first-order valence-corrected chi connectivity index (χ1v) is 9.18. The van der Waals surface area contributed by atoms with E-state index in [1.54, 1.807) is 30.3 Å². The van der Waals surface area contributed by atoms with Crippen molar-refractivity contribution in [2.24, 2.45) is 5.10 Å². The number of nitrogens with one attached hydrogen (secondary N) is 1. The van der Waals surface area contributed by atoms with Crippen LogP contribution in [-0.4, -0.2) is 31.8 Å². The summed E-state index contributed by atoms with van der Waals surface area (Å²) in [6.07, 6.45) is 1.50. The first kappa shape index (κ1) is 19.2. The van der Waals surface area contributed by atoms with Gasteiger partial charge in [-0.05, 0) is 52.7 Å². The van der Waals surface area contributed by atoms with Crippen LogP contribution >= 0.6 is 0 Å². The summed E-state index contributed by atoms with van der Waals surface area (Å²) in [7, 11) is 1.30. The summed E-state index contributed by atoms with van der Waals surface area (Å²) in [6.45, 7) is -0.160. The van der Waals surface area contributed by atoms with Gasteiger partial charge >= 0.3 is 11.9 Å². The fraction of sp³-hybridized carbons (Fsp3) is 0.0870. The average Bonchev–Trinajstić information content (AvgIpc) is 3.23. The summed E-state index contributed by atoms with van der Waals surface area (Å²) in [5.41, 5.74) is 3.85. The van der Waals surface area contributed by atoms with E-state index in [9.17, 15) is 9.59 Å². The van der Waals surface area contributed by atoms with E-state index in [0.717, 1.165) is 21.7 Å². The van der Waals surface area contributed by atoms with Crippen molar-refractivity contribution in [3.8, 4) is 5.75 Å². The van der Waals surface area contributed by atoms with Gasteiger partial charge in [0.25, 0.3) is 0 Å². The van der Waals surface area contributed by atoms with Gasteiger partial charge in [0.1, 0.15) is 11.3 Å². The molecule has 1 aromatic heterocycles. The van der Waals surface area contributed by atoms with Gasteiger partial charge in [0, 0.05) is 5.39 Å². The Morgan fingerprint density at radius 3 is 2.63 bits per heavy atom. The minimum Gasteiger partial charge on any atom is -0.482 e. The molecular formula is C23H18N2O5. The second-order valence-electron chi connectivity index (χ2n) is 6.44. The van der Waals surface area contributed by atoms with Crippen molar-refractivity contribution in [1.82, 2.24) is 5.43 Å². The number of amides is 1. The predicted octanol–water partition coefficient (Wildman–Crippen LogP) is 3.90. The quantitative estimate of drug-likeness (QED) is 0.300. The van der Waals surface area contributed by atoms with Crippen LogP contribution < -0.4 is 10.2 Å². The zero-order valence-electron chi connectivity index (χ0n) is 16.1. The number of methoxy groups -OCH3 is 1. The second-order valence-corrected chi connectivity index (χ2v) is 6.44. The number of furan rings is 1. The number of rotatable bonds is 6. The highest BCUT2D eigenvalue weighted by Crippen LogP contribution is 2.28. The molecule has 0 radical (unpaired) electrons. The number of hydrogen-bond acceptors (Lipinski definition) is 6. The summed E-state index contributed by atoms with van der Waals surface area (Å²) >= 11 is 0. The van der Waals surface area contributed by atoms with Gasteiger partial charge in [-0.2, -0.15) is 5.10 Å². The molecule has 3 aromatic carbocycles. The Morgan fingerprint density at radius 2 is 1.83 bits per heavy atom. The average molecular weight is 402 g/mol. The second kappa shape index (κ2) is 8.48. The fourth-order valence-corrected chi connectivity index (χ4v) is 2.98. The third-order valence-electron chi connectivity index (χ3n) is 4.49. The van der Waals surface area contributed by atoms with E-state index in [1.807, 2.05) is 36.4 Å². The highest BCUT2D eigenvalue weighted by Gasteiger charge is 2.13. The van der Waals surface area contributed by atoms with Crippen LogP contribution in [0.4, 0.5) is 0 Å². The lowest BCUT2D eigenvalue weighted by atomic mass is 10.1. The van der Waals surface area contributed by atoms with Gasteiger partial charge < -0.3 is 13.9 Å². The number of hydrogen-bond donors (Lipinski definition) is 1. The van der Waals surface area contributed by atoms with Gasteiger partial charge in [0.15, 0.2) is 12.4 Å². The van der Waals surface area contributed by atoms with E-state index in [2.05, 4.69) is 15.3 Å². The van der Waals surface area contributed by atoms with E-state index >= 15 is 0 Å². The highest BCUT2D eigenvalue weighted by atomic mass is 16.6. The van der Waals surface area contributed by atoms with Crippen LogP contribution in [0.25, 0.3) is 21.7 Å². The largest absolute Gasteiger partial charge is 0.482 e. The molecule has 0 atom stereocenters. The molecule has 0 aliphatic heterocycles. The predicted molar refractivity (Wildman–Crippen MR) is 113 cm³/mol. The summed E-state index contributed by atoms with van der Waals surface area (Å²) in [6, 6.07) is 20.3. The number of esters is 1. The monoisotopic (exact) mass is 402 g/mol. The smallest absolute Gasteiger partial charge is 0.343 e. The van der Waals surface area contributed by atoms with Gasteiger partial charge in [-0.25, -0.2) is 10.2 Å². The maximum Gasteiger partial charge on any atom is 0.343 e. The topological polar surface area (TPSA) is 90.1 Å². The zero-order valence-corrected chi connectivity index (χ0v) is 16.1. The molecule has 7 nitrogen and oxygen atoms in total. The van der Waals surface area contributed by atoms with Crippen molar-refractivity contribution < 1.29 is 23.5 Å². The van der Waals surface area contributed by atoms with Crippen LogP contribution in [0.5, 0.6) is 5.75 Å². The maximum atomic E-state index is 12.4. The van der Waals surface area contributed by atoms with E-state index in [0.29, 0.717) is 11.3 Å². The zero-order chi connectivity index (χ0) is 20.9. The number of fused-ring (bicyclic) bond motifs is 3. The minimum atomic E-state index is -0.457. The third kappa shape index (κ3) is 4.15. The number of ether oxygens (including phenoxy) is 2. The van der Waals surface area contributed by atoms with Gasteiger partial charge in [-0.15, -0.1) is 0 Å². The van der Waals surface area contributed by atoms with Gasteiger partial charge in [0.05, 0.1) is 13.3 Å². The molecule has 1 heterocycles. The molecule has 0 aliphatic rings. The Labute approximate surface area is 171 Å².